The first-order valence-corrected chi connectivity index (χ1v) is 51.2. The van der Waals surface area contributed by atoms with Crippen LogP contribution in [0.25, 0.3) is 44.6 Å². The van der Waals surface area contributed by atoms with E-state index in [1.54, 1.807) is 84.9 Å². The Labute approximate surface area is 857 Å². The molecule has 0 radical (unpaired) electrons. The summed E-state index contributed by atoms with van der Waals surface area (Å²) in [7, 11) is 0. The van der Waals surface area contributed by atoms with Crippen LogP contribution in [0, 0.1) is 29.6 Å². The third kappa shape index (κ3) is 27.5. The highest BCUT2D eigenvalue weighted by Gasteiger charge is 2.38. The van der Waals surface area contributed by atoms with Crippen LogP contribution in [0.1, 0.15) is 150 Å². The van der Waals surface area contributed by atoms with Crippen molar-refractivity contribution in [3.8, 4) is 79.3 Å². The van der Waals surface area contributed by atoms with Crippen molar-refractivity contribution in [1.29, 1.82) is 0 Å². The van der Waals surface area contributed by atoms with Gasteiger partial charge in [-0.05, 0) is 262 Å². The summed E-state index contributed by atoms with van der Waals surface area (Å²) in [5.41, 5.74) is 11.6. The van der Waals surface area contributed by atoms with Crippen LogP contribution in [0.15, 0.2) is 266 Å². The van der Waals surface area contributed by atoms with Crippen molar-refractivity contribution in [1.82, 2.24) is 19.9 Å². The molecule has 3 fully saturated rings. The zero-order chi connectivity index (χ0) is 103. The quantitative estimate of drug-likeness (QED) is 0.0408. The topological polar surface area (TPSA) is 322 Å². The maximum atomic E-state index is 13.5. The van der Waals surface area contributed by atoms with E-state index in [1.807, 2.05) is 220 Å². The molecule has 12 aromatic rings. The van der Waals surface area contributed by atoms with E-state index in [1.165, 1.54) is 23.1 Å². The third-order valence-corrected chi connectivity index (χ3v) is 28.9. The number of ether oxygens (including phenoxy) is 6. The number of hydrogen-bond donors (Lipinski definition) is 4. The number of urea groups is 4. The molecule has 0 bridgehead atoms. The van der Waals surface area contributed by atoms with Crippen molar-refractivity contribution in [2.75, 3.05) is 86.0 Å². The van der Waals surface area contributed by atoms with Gasteiger partial charge in [0.1, 0.15) is 89.2 Å². The van der Waals surface area contributed by atoms with Crippen LogP contribution in [-0.2, 0) is 36.6 Å². The molecule has 3 unspecified atom stereocenters. The number of pyridine rings is 4. The highest BCUT2D eigenvalue weighted by Crippen LogP contribution is 2.45. The first-order valence-electron chi connectivity index (χ1n) is 50.3. The van der Waals surface area contributed by atoms with Crippen LogP contribution < -0.4 is 69.3 Å². The number of benzene rings is 8. The Morgan fingerprint density at radius 1 is 0.408 bits per heavy atom. The van der Waals surface area contributed by atoms with Gasteiger partial charge in [-0.25, -0.2) is 29.1 Å². The molecule has 0 saturated heterocycles. The number of aromatic nitrogens is 4. The number of thioether (sulfide) groups is 1. The van der Waals surface area contributed by atoms with Crippen molar-refractivity contribution in [2.24, 2.45) is 29.6 Å². The van der Waals surface area contributed by atoms with Crippen molar-refractivity contribution < 1.29 is 84.7 Å². The molecule has 762 valence electrons. The second-order valence-electron chi connectivity index (χ2n) is 37.8. The molecule has 147 heavy (non-hydrogen) atoms. The van der Waals surface area contributed by atoms with E-state index in [0.717, 1.165) is 185 Å². The maximum Gasteiger partial charge on any atom is 0.418 e. The van der Waals surface area contributed by atoms with E-state index in [4.69, 9.17) is 28.4 Å². The number of nitrogens with one attached hydrogen (secondary N) is 4. The Balaban J connectivity index is 0.000000140. The molecule has 7 aliphatic rings. The molecule has 27 nitrogen and oxygen atoms in total. The molecule has 31 heteroatoms. The fourth-order valence-corrected chi connectivity index (χ4v) is 19.8. The molecule has 3 saturated carbocycles. The van der Waals surface area contributed by atoms with Gasteiger partial charge in [0, 0.05) is 111 Å². The molecule has 3 atom stereocenters. The lowest BCUT2D eigenvalue weighted by Gasteiger charge is -2.35. The second kappa shape index (κ2) is 49.1. The third-order valence-electron chi connectivity index (χ3n) is 27.7. The maximum absolute atomic E-state index is 13.5. The van der Waals surface area contributed by atoms with E-state index < -0.39 is 17.8 Å². The Kier molecular flexibility index (Phi) is 34.9. The Bertz CT molecular complexity index is 6610. The number of rotatable bonds is 24. The lowest BCUT2D eigenvalue weighted by atomic mass is 9.78. The Morgan fingerprint density at radius 2 is 0.816 bits per heavy atom. The lowest BCUT2D eigenvalue weighted by molar-refractivity contribution is -0.137. The number of anilines is 8. The molecule has 3 aliphatic carbocycles. The number of ketones is 5. The molecule has 4 aliphatic heterocycles. The second-order valence-corrected chi connectivity index (χ2v) is 38.9. The molecule has 0 spiro atoms. The summed E-state index contributed by atoms with van der Waals surface area (Å²) in [6, 6.07) is 70.1. The van der Waals surface area contributed by atoms with Gasteiger partial charge in [-0.2, -0.15) is 13.2 Å². The van der Waals surface area contributed by atoms with Crippen molar-refractivity contribution in [3.63, 3.8) is 0 Å². The summed E-state index contributed by atoms with van der Waals surface area (Å²) in [4.78, 5) is 136. The van der Waals surface area contributed by atoms with E-state index in [-0.39, 0.29) is 113 Å². The van der Waals surface area contributed by atoms with E-state index in [2.05, 4.69) is 48.1 Å². The normalized spacial score (nSPS) is 18.7. The van der Waals surface area contributed by atoms with Gasteiger partial charge in [0.15, 0.2) is 0 Å². The fourth-order valence-electron chi connectivity index (χ4n) is 18.8. The molecule has 8 heterocycles. The minimum Gasteiger partial charge on any atom is -0.490 e. The van der Waals surface area contributed by atoms with Gasteiger partial charge in [-0.3, -0.25) is 53.5 Å². The molecule has 8 amide bonds. The van der Waals surface area contributed by atoms with Crippen LogP contribution >= 0.6 is 11.8 Å². The predicted molar refractivity (Wildman–Crippen MR) is 565 cm³/mol. The molecule has 19 rings (SSSR count). The van der Waals surface area contributed by atoms with Crippen molar-refractivity contribution in [2.45, 2.75) is 180 Å². The Hall–Kier alpha value is -15.3. The summed E-state index contributed by atoms with van der Waals surface area (Å²) in [5, 5.41) is 12.2. The van der Waals surface area contributed by atoms with Crippen LogP contribution in [-0.4, -0.2) is 143 Å². The number of alkyl halides is 3. The van der Waals surface area contributed by atoms with Crippen LogP contribution in [0.5, 0.6) is 34.6 Å². The molecule has 8 aromatic carbocycles. The zero-order valence-electron chi connectivity index (χ0n) is 83.3. The van der Waals surface area contributed by atoms with Crippen LogP contribution in [0.2, 0.25) is 0 Å². The number of halogens is 3. The largest absolute Gasteiger partial charge is 0.490 e. The number of para-hydroxylation sites is 4. The predicted octanol–water partition coefficient (Wildman–Crippen LogP) is 25.2. The van der Waals surface area contributed by atoms with Gasteiger partial charge in [-0.1, -0.05) is 124 Å². The first kappa shape index (κ1) is 105. The van der Waals surface area contributed by atoms with E-state index in [9.17, 15) is 56.3 Å². The number of nitrogens with zero attached hydrogens (tertiary/aromatic N) is 8. The zero-order valence-corrected chi connectivity index (χ0v) is 84.1. The standard InChI is InChI=1S/C31H32F3N3O4.C30H31N3O4.C28H29N3O4.C27H29N3O3S/c1-3-23-18-37(30(39)36-26-7-5-4-6-25(26)31(32,33)34)27-14-10-21(16-28(27)40-23)22-11-15-29(35-17-22)41-24-12-8-20(9-13-24)19(2)38;1-20(34)21-7-9-22(10-8-21)28(35)18-26-13-11-24(19-31-26)23-12-14-27-29(17-23)37-16-15-33(27)30(36)32-25-5-3-2-4-6-25;1-19(32)20-7-10-23(11-8-20)35-24-12-13-25(29-18-24)21-9-14-26-27(17-21)34-16-15-31(26)28(33)30-22-5-3-2-4-6-22;1-4-23-16-30(27(32)29-22-8-6-5-7-9-22)24-12-10-20(14-25(24)33-23)21-11-13-26(28-15-21)34-17-18(2)19(3)31/h4-7,10-11,14-17,20,23-24H,3,8-9,12-13,18H2,1-2H3,(H,36,39);2-6,11-14,17,19,21-22H,7-10,15-16,18H2,1H3,(H,32,36);2-6,9,12-14,17-18,20,23H,7-8,10-11,15-16H2,1H3,(H,30,33);5-15,18,23H,4,16-17H2,1-3H3,(H,29,32). The fraction of sp³-hybridized carbons (Fsp3) is 0.336. The molecular weight excluding hydrogens is 1890 g/mol. The minimum atomic E-state index is -4.60. The highest BCUT2D eigenvalue weighted by atomic mass is 32.2. The number of carbonyl (C=O) groups excluding carboxylic acids is 9. The van der Waals surface area contributed by atoms with Crippen molar-refractivity contribution >= 4 is 110 Å². The number of hydrogen-bond acceptors (Lipinski definition) is 20. The first-order chi connectivity index (χ1) is 71.1. The lowest BCUT2D eigenvalue weighted by Crippen LogP contribution is -2.45. The van der Waals surface area contributed by atoms with Crippen LogP contribution in [0.4, 0.5) is 77.8 Å². The monoisotopic (exact) mass is 2010 g/mol. The average molecular weight is 2010 g/mol. The van der Waals surface area contributed by atoms with Gasteiger partial charge in [-0.15, -0.1) is 11.8 Å². The number of carbonyl (C=O) groups is 9. The Morgan fingerprint density at radius 3 is 1.25 bits per heavy atom. The average Bonchev–Trinajstić information content (AvgIpc) is 0.780. The van der Waals surface area contributed by atoms with E-state index >= 15 is 0 Å². The molecular formula is C116H121F3N12O15S. The van der Waals surface area contributed by atoms with Gasteiger partial charge in [0.05, 0.1) is 83.2 Å². The molecule has 4 N–H and O–H groups in total. The van der Waals surface area contributed by atoms with E-state index in [0.29, 0.717) is 86.0 Å². The smallest absolute Gasteiger partial charge is 0.418 e. The van der Waals surface area contributed by atoms with Gasteiger partial charge < -0.3 is 49.7 Å². The summed E-state index contributed by atoms with van der Waals surface area (Å²) in [6.45, 7) is 15.0. The number of amides is 8. The number of fused-ring (bicyclic) bond motifs is 4. The summed E-state index contributed by atoms with van der Waals surface area (Å²) < 4.78 is 76.7. The SMILES string of the molecule is CC(=O)C1CCC(C(=O)Cc2ccc(-c3ccc4c(c3)OCCN4C(=O)Nc3ccccc3)cn2)CC1.CC(=O)C1CCC(Oc2ccc(-c3ccc4c(c3)OCCN4C(=O)Nc3ccccc3)nc2)CC1.CCC1CN(C(=O)Nc2ccccc2)c2ccc(-c3ccc(SCC(C)C(C)=O)nc3)cc2O1.CCC1CN(C(=O)Nc2ccccc2C(F)(F)F)c2ccc(-c3ccc(OC4CCC(C(C)=O)CC4)nc3)cc2O1. The summed E-state index contributed by atoms with van der Waals surface area (Å²) in [6.07, 6.45) is 14.0. The van der Waals surface area contributed by atoms with Gasteiger partial charge >= 0.3 is 30.3 Å². The van der Waals surface area contributed by atoms with Crippen molar-refractivity contribution in [3.05, 3.63) is 273 Å². The summed E-state index contributed by atoms with van der Waals surface area (Å²) in [5.74, 6) is 6.03. The highest BCUT2D eigenvalue weighted by molar-refractivity contribution is 7.99. The van der Waals surface area contributed by atoms with Crippen LogP contribution in [0.3, 0.4) is 0 Å². The number of Topliss-reactive ketones (excluding diaryl/α,β-unsaturated/α-hetero) is 5. The van der Waals surface area contributed by atoms with Gasteiger partial charge in [0.25, 0.3) is 0 Å². The minimum absolute atomic E-state index is 0.0119. The molecule has 4 aromatic heterocycles. The summed E-state index contributed by atoms with van der Waals surface area (Å²) >= 11 is 1.58. The van der Waals surface area contributed by atoms with Gasteiger partial charge in [0.2, 0.25) is 5.88 Å².